The topological polar surface area (TPSA) is 0 Å². The average Bonchev–Trinajstić information content (AvgIpc) is 2.67. The van der Waals surface area contributed by atoms with E-state index in [9.17, 15) is 0 Å². The van der Waals surface area contributed by atoms with E-state index in [-0.39, 0.29) is 0 Å². The van der Waals surface area contributed by atoms with Crippen molar-refractivity contribution in [2.24, 2.45) is 0 Å². The van der Waals surface area contributed by atoms with Gasteiger partial charge in [-0.2, -0.15) is 0 Å². The maximum atomic E-state index is 2.27. The van der Waals surface area contributed by atoms with Gasteiger partial charge in [-0.1, -0.05) is 24.3 Å². The van der Waals surface area contributed by atoms with Crippen LogP contribution in [0.3, 0.4) is 0 Å². The van der Waals surface area contributed by atoms with Gasteiger partial charge in [-0.15, -0.1) is 11.3 Å². The third-order valence-corrected chi connectivity index (χ3v) is 3.70. The second kappa shape index (κ2) is 2.82. The Morgan fingerprint density at radius 3 is 2.79 bits per heavy atom. The van der Waals surface area contributed by atoms with E-state index in [1.807, 2.05) is 11.3 Å². The molecule has 0 saturated carbocycles. The van der Waals surface area contributed by atoms with E-state index in [1.165, 1.54) is 26.4 Å². The van der Waals surface area contributed by atoms with Crippen LogP contribution >= 0.6 is 11.3 Å². The summed E-state index contributed by atoms with van der Waals surface area (Å²) in [6.07, 6.45) is 0. The van der Waals surface area contributed by atoms with Gasteiger partial charge in [-0.05, 0) is 40.8 Å². The largest absolute Gasteiger partial charge is 0.144 e. The maximum Gasteiger partial charge on any atom is 0.0378 e. The zero-order chi connectivity index (χ0) is 9.54. The number of benzene rings is 2. The van der Waals surface area contributed by atoms with Gasteiger partial charge < -0.3 is 0 Å². The fourth-order valence-electron chi connectivity index (χ4n) is 1.99. The van der Waals surface area contributed by atoms with Crippen LogP contribution in [0, 0.1) is 6.92 Å². The lowest BCUT2D eigenvalue weighted by molar-refractivity contribution is 1.58. The third kappa shape index (κ3) is 0.992. The molecule has 0 atom stereocenters. The molecule has 3 rings (SSSR count). The first-order valence-electron chi connectivity index (χ1n) is 4.72. The summed E-state index contributed by atoms with van der Waals surface area (Å²) in [5.74, 6) is 0. The monoisotopic (exact) mass is 198 g/mol. The van der Waals surface area contributed by atoms with Crippen LogP contribution in [0.25, 0.3) is 20.9 Å². The van der Waals surface area contributed by atoms with Crippen LogP contribution in [0.2, 0.25) is 0 Å². The van der Waals surface area contributed by atoms with Crippen molar-refractivity contribution in [2.75, 3.05) is 0 Å². The van der Waals surface area contributed by atoms with E-state index >= 15 is 0 Å². The van der Waals surface area contributed by atoms with Crippen LogP contribution in [0.1, 0.15) is 5.56 Å². The van der Waals surface area contributed by atoms with Gasteiger partial charge in [0.05, 0.1) is 0 Å². The van der Waals surface area contributed by atoms with Crippen LogP contribution in [-0.4, -0.2) is 0 Å². The summed E-state index contributed by atoms with van der Waals surface area (Å²) in [4.78, 5) is 0. The fraction of sp³-hybridized carbons (Fsp3) is 0.0769. The highest BCUT2D eigenvalue weighted by Gasteiger charge is 2.03. The molecule has 3 aromatic rings. The Bertz CT molecular complexity index is 605. The van der Waals surface area contributed by atoms with Crippen molar-refractivity contribution < 1.29 is 0 Å². The number of hydrogen-bond donors (Lipinski definition) is 0. The molecule has 0 aliphatic carbocycles. The van der Waals surface area contributed by atoms with Crippen molar-refractivity contribution in [1.29, 1.82) is 0 Å². The van der Waals surface area contributed by atoms with E-state index in [0.717, 1.165) is 0 Å². The molecule has 0 bridgehead atoms. The van der Waals surface area contributed by atoms with E-state index in [1.54, 1.807) is 0 Å². The van der Waals surface area contributed by atoms with Gasteiger partial charge in [0, 0.05) is 10.1 Å². The van der Waals surface area contributed by atoms with Gasteiger partial charge in [-0.3, -0.25) is 0 Å². The molecule has 1 heteroatoms. The fourth-order valence-corrected chi connectivity index (χ4v) is 2.88. The predicted molar refractivity (Wildman–Crippen MR) is 64.1 cm³/mol. The van der Waals surface area contributed by atoms with Crippen LogP contribution in [0.15, 0.2) is 41.8 Å². The van der Waals surface area contributed by atoms with Gasteiger partial charge >= 0.3 is 0 Å². The first-order chi connectivity index (χ1) is 6.86. The minimum absolute atomic E-state index is 1.34. The summed E-state index contributed by atoms with van der Waals surface area (Å²) in [6.45, 7) is 2.19. The highest BCUT2D eigenvalue weighted by molar-refractivity contribution is 7.17. The molecule has 68 valence electrons. The average molecular weight is 198 g/mol. The van der Waals surface area contributed by atoms with Crippen molar-refractivity contribution in [1.82, 2.24) is 0 Å². The molecular weight excluding hydrogens is 188 g/mol. The lowest BCUT2D eigenvalue weighted by Crippen LogP contribution is -1.76. The molecule has 0 aliphatic heterocycles. The Hall–Kier alpha value is -1.34. The second-order valence-electron chi connectivity index (χ2n) is 3.58. The zero-order valence-electron chi connectivity index (χ0n) is 7.95. The number of hydrogen-bond acceptors (Lipinski definition) is 1. The SMILES string of the molecule is Cc1cc2ccccc2c2ccsc12. The first kappa shape index (κ1) is 8.01. The molecule has 0 aliphatic rings. The molecule has 0 nitrogen and oxygen atoms in total. The minimum atomic E-state index is 1.34. The van der Waals surface area contributed by atoms with Crippen molar-refractivity contribution in [3.63, 3.8) is 0 Å². The van der Waals surface area contributed by atoms with Crippen LogP contribution in [0.4, 0.5) is 0 Å². The van der Waals surface area contributed by atoms with Crippen molar-refractivity contribution >= 4 is 32.2 Å². The van der Waals surface area contributed by atoms with Gasteiger partial charge in [0.2, 0.25) is 0 Å². The number of thiophene rings is 1. The Balaban J connectivity index is 2.66. The quantitative estimate of drug-likeness (QED) is 0.503. The summed E-state index contributed by atoms with van der Waals surface area (Å²) < 4.78 is 1.42. The summed E-state index contributed by atoms with van der Waals surface area (Å²) in [7, 11) is 0. The second-order valence-corrected chi connectivity index (χ2v) is 4.49. The summed E-state index contributed by atoms with van der Waals surface area (Å²) in [5.41, 5.74) is 1.38. The summed E-state index contributed by atoms with van der Waals surface area (Å²) >= 11 is 1.83. The molecule has 0 amide bonds. The molecule has 14 heavy (non-hydrogen) atoms. The first-order valence-corrected chi connectivity index (χ1v) is 5.60. The molecule has 0 saturated heterocycles. The molecule has 0 unspecified atom stereocenters. The number of rotatable bonds is 0. The molecule has 0 fully saturated rings. The maximum absolute atomic E-state index is 2.27. The third-order valence-electron chi connectivity index (χ3n) is 2.65. The van der Waals surface area contributed by atoms with E-state index in [0.29, 0.717) is 0 Å². The lowest BCUT2D eigenvalue weighted by atomic mass is 10.0. The lowest BCUT2D eigenvalue weighted by Gasteiger charge is -2.02. The standard InChI is InChI=1S/C13H10S/c1-9-8-10-4-2-3-5-11(10)12-6-7-14-13(9)12/h2-8H,1H3. The van der Waals surface area contributed by atoms with Crippen LogP contribution < -0.4 is 0 Å². The highest BCUT2D eigenvalue weighted by atomic mass is 32.1. The molecule has 0 spiro atoms. The number of fused-ring (bicyclic) bond motifs is 3. The summed E-state index contributed by atoms with van der Waals surface area (Å²) in [5, 5.41) is 6.28. The molecule has 2 aromatic carbocycles. The molecule has 1 heterocycles. The Morgan fingerprint density at radius 1 is 1.00 bits per heavy atom. The minimum Gasteiger partial charge on any atom is -0.144 e. The predicted octanol–water partition coefficient (Wildman–Crippen LogP) is 4.36. The highest BCUT2D eigenvalue weighted by Crippen LogP contribution is 2.31. The van der Waals surface area contributed by atoms with Gasteiger partial charge in [0.1, 0.15) is 0 Å². The Labute approximate surface area is 86.8 Å². The van der Waals surface area contributed by atoms with E-state index in [2.05, 4.69) is 48.7 Å². The normalized spacial score (nSPS) is 11.2. The van der Waals surface area contributed by atoms with Crippen molar-refractivity contribution in [2.45, 2.75) is 6.92 Å². The molecule has 0 N–H and O–H groups in total. The van der Waals surface area contributed by atoms with Crippen LogP contribution in [-0.2, 0) is 0 Å². The Kier molecular flexibility index (Phi) is 1.62. The van der Waals surface area contributed by atoms with Gasteiger partial charge in [0.15, 0.2) is 0 Å². The van der Waals surface area contributed by atoms with E-state index < -0.39 is 0 Å². The van der Waals surface area contributed by atoms with Crippen molar-refractivity contribution in [3.05, 3.63) is 47.3 Å². The van der Waals surface area contributed by atoms with Gasteiger partial charge in [0.25, 0.3) is 0 Å². The number of aryl methyl sites for hydroxylation is 1. The summed E-state index contributed by atoms with van der Waals surface area (Å²) in [6, 6.07) is 13.1. The van der Waals surface area contributed by atoms with Crippen molar-refractivity contribution in [3.8, 4) is 0 Å². The smallest absolute Gasteiger partial charge is 0.0378 e. The molecule has 1 aromatic heterocycles. The Morgan fingerprint density at radius 2 is 1.86 bits per heavy atom. The molecule has 0 radical (unpaired) electrons. The zero-order valence-corrected chi connectivity index (χ0v) is 8.77. The molecular formula is C13H10S. The van der Waals surface area contributed by atoms with Gasteiger partial charge in [-0.25, -0.2) is 0 Å². The van der Waals surface area contributed by atoms with Crippen LogP contribution in [0.5, 0.6) is 0 Å². The van der Waals surface area contributed by atoms with E-state index in [4.69, 9.17) is 0 Å².